The van der Waals surface area contributed by atoms with Crippen LogP contribution in [0.15, 0.2) is 23.1 Å². The first-order valence-corrected chi connectivity index (χ1v) is 7.31. The van der Waals surface area contributed by atoms with Gasteiger partial charge in [0.15, 0.2) is 0 Å². The van der Waals surface area contributed by atoms with E-state index in [1.807, 2.05) is 6.92 Å². The SMILES string of the molecule is CCCCOC(=O)c1cc(S(=O)(=O)NC)ccc1F. The molecule has 0 amide bonds. The van der Waals surface area contributed by atoms with Gasteiger partial charge in [-0.25, -0.2) is 22.3 Å². The van der Waals surface area contributed by atoms with Crippen molar-refractivity contribution in [3.05, 3.63) is 29.6 Å². The summed E-state index contributed by atoms with van der Waals surface area (Å²) in [5, 5.41) is 0. The molecule has 0 saturated carbocycles. The number of nitrogens with one attached hydrogen (secondary N) is 1. The number of carbonyl (C=O) groups is 1. The molecular formula is C12H16FNO4S. The maximum Gasteiger partial charge on any atom is 0.341 e. The van der Waals surface area contributed by atoms with Crippen molar-refractivity contribution in [3.63, 3.8) is 0 Å². The lowest BCUT2D eigenvalue weighted by Gasteiger charge is -2.07. The van der Waals surface area contributed by atoms with Gasteiger partial charge in [0, 0.05) is 0 Å². The lowest BCUT2D eigenvalue weighted by atomic mass is 10.2. The van der Waals surface area contributed by atoms with Crippen LogP contribution < -0.4 is 4.72 Å². The summed E-state index contributed by atoms with van der Waals surface area (Å²) in [6.07, 6.45) is 1.51. The second-order valence-electron chi connectivity index (χ2n) is 3.84. The van der Waals surface area contributed by atoms with E-state index >= 15 is 0 Å². The smallest absolute Gasteiger partial charge is 0.341 e. The summed E-state index contributed by atoms with van der Waals surface area (Å²) < 4.78 is 43.6. The standard InChI is InChI=1S/C12H16FNO4S/c1-3-4-7-18-12(15)10-8-9(5-6-11(10)13)19(16,17)14-2/h5-6,8,14H,3-4,7H2,1-2H3. The third-order valence-electron chi connectivity index (χ3n) is 2.47. The highest BCUT2D eigenvalue weighted by Gasteiger charge is 2.19. The first kappa shape index (κ1) is 15.6. The number of sulfonamides is 1. The monoisotopic (exact) mass is 289 g/mol. The second kappa shape index (κ2) is 6.63. The molecule has 106 valence electrons. The van der Waals surface area contributed by atoms with E-state index in [4.69, 9.17) is 4.74 Å². The third kappa shape index (κ3) is 4.00. The van der Waals surface area contributed by atoms with Crippen molar-refractivity contribution >= 4 is 16.0 Å². The minimum atomic E-state index is -3.72. The molecule has 0 radical (unpaired) electrons. The molecular weight excluding hydrogens is 273 g/mol. The summed E-state index contributed by atoms with van der Waals surface area (Å²) in [6, 6.07) is 2.99. The summed E-state index contributed by atoms with van der Waals surface area (Å²) in [4.78, 5) is 11.4. The molecule has 0 fully saturated rings. The lowest BCUT2D eigenvalue weighted by Crippen LogP contribution is -2.19. The van der Waals surface area contributed by atoms with Crippen LogP contribution in [0.3, 0.4) is 0 Å². The fraction of sp³-hybridized carbons (Fsp3) is 0.417. The van der Waals surface area contributed by atoms with Crippen LogP contribution in [0.2, 0.25) is 0 Å². The predicted octanol–water partition coefficient (Wildman–Crippen LogP) is 1.69. The fourth-order valence-electron chi connectivity index (χ4n) is 1.33. The van der Waals surface area contributed by atoms with E-state index in [1.54, 1.807) is 0 Å². The molecule has 0 aliphatic rings. The lowest BCUT2D eigenvalue weighted by molar-refractivity contribution is 0.0494. The first-order valence-electron chi connectivity index (χ1n) is 5.82. The van der Waals surface area contributed by atoms with Crippen LogP contribution in [-0.2, 0) is 14.8 Å². The van der Waals surface area contributed by atoms with Gasteiger partial charge >= 0.3 is 5.97 Å². The van der Waals surface area contributed by atoms with Crippen molar-refractivity contribution in [1.29, 1.82) is 0 Å². The molecule has 0 aromatic heterocycles. The van der Waals surface area contributed by atoms with Crippen LogP contribution in [-0.4, -0.2) is 28.0 Å². The van der Waals surface area contributed by atoms with Gasteiger partial charge < -0.3 is 4.74 Å². The Hall–Kier alpha value is -1.47. The number of rotatable bonds is 6. The van der Waals surface area contributed by atoms with Crippen LogP contribution in [0.25, 0.3) is 0 Å². The first-order chi connectivity index (χ1) is 8.92. The second-order valence-corrected chi connectivity index (χ2v) is 5.73. The molecule has 5 nitrogen and oxygen atoms in total. The van der Waals surface area contributed by atoms with Crippen molar-refractivity contribution in [1.82, 2.24) is 4.72 Å². The molecule has 1 N–H and O–H groups in total. The largest absolute Gasteiger partial charge is 0.462 e. The quantitative estimate of drug-likeness (QED) is 0.639. The molecule has 0 spiro atoms. The van der Waals surface area contributed by atoms with Gasteiger partial charge in [0.25, 0.3) is 0 Å². The van der Waals surface area contributed by atoms with Crippen molar-refractivity contribution in [2.75, 3.05) is 13.7 Å². The maximum absolute atomic E-state index is 13.5. The number of hydrogen-bond acceptors (Lipinski definition) is 4. The zero-order valence-corrected chi connectivity index (χ0v) is 11.6. The molecule has 0 heterocycles. The van der Waals surface area contributed by atoms with Gasteiger partial charge in [-0.3, -0.25) is 0 Å². The number of benzene rings is 1. The van der Waals surface area contributed by atoms with Crippen molar-refractivity contribution < 1.29 is 22.3 Å². The van der Waals surface area contributed by atoms with Gasteiger partial charge in [0.05, 0.1) is 17.1 Å². The minimum Gasteiger partial charge on any atom is -0.462 e. The molecule has 0 aliphatic carbocycles. The number of unbranched alkanes of at least 4 members (excludes halogenated alkanes) is 1. The van der Waals surface area contributed by atoms with Crippen LogP contribution in [0.5, 0.6) is 0 Å². The summed E-state index contributed by atoms with van der Waals surface area (Å²) in [6.45, 7) is 2.10. The zero-order chi connectivity index (χ0) is 14.5. The van der Waals surface area contributed by atoms with E-state index < -0.39 is 21.8 Å². The van der Waals surface area contributed by atoms with Crippen LogP contribution in [0.4, 0.5) is 4.39 Å². The van der Waals surface area contributed by atoms with Crippen molar-refractivity contribution in [2.45, 2.75) is 24.7 Å². The predicted molar refractivity (Wildman–Crippen MR) is 67.8 cm³/mol. The number of esters is 1. The Morgan fingerprint density at radius 1 is 1.42 bits per heavy atom. The van der Waals surface area contributed by atoms with Crippen molar-refractivity contribution in [2.24, 2.45) is 0 Å². The molecule has 19 heavy (non-hydrogen) atoms. The van der Waals surface area contributed by atoms with E-state index in [-0.39, 0.29) is 17.1 Å². The van der Waals surface area contributed by atoms with Gasteiger partial charge in [-0.2, -0.15) is 0 Å². The Kier molecular flexibility index (Phi) is 5.44. The molecule has 1 aromatic rings. The Balaban J connectivity index is 3.01. The minimum absolute atomic E-state index is 0.178. The Morgan fingerprint density at radius 2 is 2.11 bits per heavy atom. The highest BCUT2D eigenvalue weighted by atomic mass is 32.2. The summed E-state index contributed by atoms with van der Waals surface area (Å²) >= 11 is 0. The summed E-state index contributed by atoms with van der Waals surface area (Å²) in [7, 11) is -2.49. The zero-order valence-electron chi connectivity index (χ0n) is 10.8. The molecule has 0 saturated heterocycles. The van der Waals surface area contributed by atoms with Crippen LogP contribution in [0.1, 0.15) is 30.1 Å². The van der Waals surface area contributed by atoms with Crippen LogP contribution in [0, 0.1) is 5.82 Å². The highest BCUT2D eigenvalue weighted by Crippen LogP contribution is 2.16. The molecule has 1 aromatic carbocycles. The topological polar surface area (TPSA) is 72.5 Å². The Labute approximate surface area is 111 Å². The number of halogens is 1. The Bertz CT molecular complexity index is 557. The molecule has 0 bridgehead atoms. The Morgan fingerprint density at radius 3 is 2.68 bits per heavy atom. The summed E-state index contributed by atoms with van der Waals surface area (Å²) in [5.74, 6) is -1.67. The average molecular weight is 289 g/mol. The molecule has 0 aliphatic heterocycles. The average Bonchev–Trinajstić information content (AvgIpc) is 2.39. The normalized spacial score (nSPS) is 11.3. The van der Waals surface area contributed by atoms with Gasteiger partial charge in [-0.05, 0) is 31.7 Å². The number of ether oxygens (including phenoxy) is 1. The van der Waals surface area contributed by atoms with E-state index in [0.29, 0.717) is 6.42 Å². The highest BCUT2D eigenvalue weighted by molar-refractivity contribution is 7.89. The van der Waals surface area contributed by atoms with Gasteiger partial charge in [0.2, 0.25) is 10.0 Å². The van der Waals surface area contributed by atoms with E-state index in [1.165, 1.54) is 7.05 Å². The molecule has 0 atom stereocenters. The summed E-state index contributed by atoms with van der Waals surface area (Å²) in [5.41, 5.74) is -0.382. The molecule has 7 heteroatoms. The van der Waals surface area contributed by atoms with E-state index in [0.717, 1.165) is 24.6 Å². The van der Waals surface area contributed by atoms with Gasteiger partial charge in [0.1, 0.15) is 5.82 Å². The fourth-order valence-corrected chi connectivity index (χ4v) is 2.09. The molecule has 1 rings (SSSR count). The van der Waals surface area contributed by atoms with Gasteiger partial charge in [-0.15, -0.1) is 0 Å². The maximum atomic E-state index is 13.5. The molecule has 0 unspecified atom stereocenters. The van der Waals surface area contributed by atoms with Crippen LogP contribution >= 0.6 is 0 Å². The van der Waals surface area contributed by atoms with E-state index in [2.05, 4.69) is 4.72 Å². The number of hydrogen-bond donors (Lipinski definition) is 1. The third-order valence-corrected chi connectivity index (χ3v) is 3.88. The van der Waals surface area contributed by atoms with Gasteiger partial charge in [-0.1, -0.05) is 13.3 Å². The van der Waals surface area contributed by atoms with Crippen molar-refractivity contribution in [3.8, 4) is 0 Å². The number of carbonyl (C=O) groups excluding carboxylic acids is 1. The van der Waals surface area contributed by atoms with E-state index in [9.17, 15) is 17.6 Å².